The van der Waals surface area contributed by atoms with Gasteiger partial charge in [-0.15, -0.1) is 0 Å². The SMILES string of the molecule is Fc1cccc(N2CC3CC3(C#Cc3ncccn3)C2)c1. The lowest BCUT2D eigenvalue weighted by atomic mass is 10.1. The molecule has 1 saturated heterocycles. The van der Waals surface area contributed by atoms with Crippen molar-refractivity contribution in [3.8, 4) is 11.8 Å². The Hall–Kier alpha value is -2.41. The molecule has 0 radical (unpaired) electrons. The third-order valence-corrected chi connectivity index (χ3v) is 4.31. The van der Waals surface area contributed by atoms with Crippen LogP contribution in [0.2, 0.25) is 0 Å². The lowest BCUT2D eigenvalue weighted by molar-refractivity contribution is 0.626. The molecule has 1 aromatic carbocycles. The van der Waals surface area contributed by atoms with Crippen molar-refractivity contribution in [2.45, 2.75) is 6.42 Å². The highest BCUT2D eigenvalue weighted by Gasteiger charge is 2.59. The van der Waals surface area contributed by atoms with Crippen LogP contribution in [0.4, 0.5) is 10.1 Å². The van der Waals surface area contributed by atoms with Crippen LogP contribution in [0, 0.1) is 29.0 Å². The summed E-state index contributed by atoms with van der Waals surface area (Å²) in [7, 11) is 0. The fourth-order valence-corrected chi connectivity index (χ4v) is 3.09. The Kier molecular flexibility index (Phi) is 2.68. The maximum absolute atomic E-state index is 13.3. The van der Waals surface area contributed by atoms with Gasteiger partial charge in [0.25, 0.3) is 0 Å². The summed E-state index contributed by atoms with van der Waals surface area (Å²) in [5, 5.41) is 0. The highest BCUT2D eigenvalue weighted by Crippen LogP contribution is 2.58. The van der Waals surface area contributed by atoms with Gasteiger partial charge in [0.05, 0.1) is 5.41 Å². The molecule has 2 heterocycles. The Labute approximate surface area is 122 Å². The molecule has 1 saturated carbocycles. The van der Waals surface area contributed by atoms with Crippen molar-refractivity contribution in [1.82, 2.24) is 9.97 Å². The minimum atomic E-state index is -0.189. The summed E-state index contributed by atoms with van der Waals surface area (Å²) in [5.74, 6) is 7.39. The average molecular weight is 279 g/mol. The molecule has 4 rings (SSSR count). The Morgan fingerprint density at radius 2 is 2.10 bits per heavy atom. The monoisotopic (exact) mass is 279 g/mol. The summed E-state index contributed by atoms with van der Waals surface area (Å²) in [6.45, 7) is 1.81. The Bertz CT molecular complexity index is 734. The molecule has 0 N–H and O–H groups in total. The fraction of sp³-hybridized carbons (Fsp3) is 0.294. The second-order valence-corrected chi connectivity index (χ2v) is 5.74. The number of halogens is 1. The third kappa shape index (κ3) is 2.25. The first kappa shape index (κ1) is 12.3. The minimum Gasteiger partial charge on any atom is -0.370 e. The zero-order valence-electron chi connectivity index (χ0n) is 11.5. The molecule has 104 valence electrons. The van der Waals surface area contributed by atoms with Crippen LogP contribution in [0.5, 0.6) is 0 Å². The van der Waals surface area contributed by atoms with E-state index in [4.69, 9.17) is 0 Å². The lowest BCUT2D eigenvalue weighted by Crippen LogP contribution is -2.24. The van der Waals surface area contributed by atoms with E-state index in [1.165, 1.54) is 6.07 Å². The molecule has 21 heavy (non-hydrogen) atoms. The molecule has 0 spiro atoms. The van der Waals surface area contributed by atoms with Gasteiger partial charge in [-0.3, -0.25) is 0 Å². The van der Waals surface area contributed by atoms with Gasteiger partial charge in [-0.05, 0) is 42.5 Å². The van der Waals surface area contributed by atoms with Gasteiger partial charge in [0.1, 0.15) is 5.82 Å². The second-order valence-electron chi connectivity index (χ2n) is 5.74. The van der Waals surface area contributed by atoms with Crippen molar-refractivity contribution in [3.05, 3.63) is 54.4 Å². The molecule has 0 amide bonds. The van der Waals surface area contributed by atoms with Crippen LogP contribution < -0.4 is 4.90 Å². The number of benzene rings is 1. The fourth-order valence-electron chi connectivity index (χ4n) is 3.09. The van der Waals surface area contributed by atoms with Crippen molar-refractivity contribution >= 4 is 5.69 Å². The Morgan fingerprint density at radius 1 is 1.24 bits per heavy atom. The number of hydrogen-bond donors (Lipinski definition) is 0. The van der Waals surface area contributed by atoms with E-state index in [0.717, 1.165) is 25.2 Å². The van der Waals surface area contributed by atoms with Crippen molar-refractivity contribution in [3.63, 3.8) is 0 Å². The number of rotatable bonds is 1. The molecule has 1 aliphatic carbocycles. The maximum Gasteiger partial charge on any atom is 0.204 e. The molecule has 1 aromatic heterocycles. The molecule has 3 nitrogen and oxygen atoms in total. The predicted octanol–water partition coefficient (Wildman–Crippen LogP) is 2.49. The number of fused-ring (bicyclic) bond motifs is 1. The van der Waals surface area contributed by atoms with Gasteiger partial charge in [-0.25, -0.2) is 14.4 Å². The second kappa shape index (κ2) is 4.56. The van der Waals surface area contributed by atoms with E-state index in [1.807, 2.05) is 6.07 Å². The summed E-state index contributed by atoms with van der Waals surface area (Å²) in [6, 6.07) is 8.56. The van der Waals surface area contributed by atoms with Crippen LogP contribution >= 0.6 is 0 Å². The molecule has 4 heteroatoms. The Morgan fingerprint density at radius 3 is 2.90 bits per heavy atom. The van der Waals surface area contributed by atoms with Gasteiger partial charge in [0, 0.05) is 31.2 Å². The van der Waals surface area contributed by atoms with Crippen LogP contribution in [0.25, 0.3) is 0 Å². The zero-order chi connectivity index (χ0) is 14.3. The van der Waals surface area contributed by atoms with Gasteiger partial charge in [0.2, 0.25) is 5.82 Å². The summed E-state index contributed by atoms with van der Waals surface area (Å²) < 4.78 is 13.3. The third-order valence-electron chi connectivity index (χ3n) is 4.31. The highest BCUT2D eigenvalue weighted by molar-refractivity contribution is 5.52. The largest absolute Gasteiger partial charge is 0.370 e. The quantitative estimate of drug-likeness (QED) is 0.751. The smallest absolute Gasteiger partial charge is 0.204 e. The van der Waals surface area contributed by atoms with Crippen molar-refractivity contribution in [2.75, 3.05) is 18.0 Å². The molecular formula is C17H14FN3. The van der Waals surface area contributed by atoms with Crippen LogP contribution in [-0.2, 0) is 0 Å². The van der Waals surface area contributed by atoms with Crippen LogP contribution in [0.3, 0.4) is 0 Å². The number of hydrogen-bond acceptors (Lipinski definition) is 3. The van der Waals surface area contributed by atoms with Crippen LogP contribution in [-0.4, -0.2) is 23.1 Å². The first-order chi connectivity index (χ1) is 10.3. The molecule has 1 aliphatic heterocycles. The molecule has 2 aliphatic rings. The summed E-state index contributed by atoms with van der Waals surface area (Å²) in [6.07, 6.45) is 4.53. The van der Waals surface area contributed by atoms with Crippen molar-refractivity contribution in [2.24, 2.45) is 11.3 Å². The summed E-state index contributed by atoms with van der Waals surface area (Å²) in [4.78, 5) is 10.5. The van der Waals surface area contributed by atoms with E-state index >= 15 is 0 Å². The number of nitrogens with zero attached hydrogens (tertiary/aromatic N) is 3. The van der Waals surface area contributed by atoms with Gasteiger partial charge < -0.3 is 4.90 Å². The van der Waals surface area contributed by atoms with E-state index in [1.54, 1.807) is 30.6 Å². The summed E-state index contributed by atoms with van der Waals surface area (Å²) >= 11 is 0. The summed E-state index contributed by atoms with van der Waals surface area (Å²) in [5.41, 5.74) is 0.991. The van der Waals surface area contributed by atoms with Crippen LogP contribution in [0.1, 0.15) is 12.2 Å². The topological polar surface area (TPSA) is 29.0 Å². The predicted molar refractivity (Wildman–Crippen MR) is 78.1 cm³/mol. The van der Waals surface area contributed by atoms with Crippen LogP contribution in [0.15, 0.2) is 42.7 Å². The average Bonchev–Trinajstić information content (AvgIpc) is 3.07. The molecule has 2 atom stereocenters. The number of anilines is 1. The Balaban J connectivity index is 1.53. The number of aromatic nitrogens is 2. The lowest BCUT2D eigenvalue weighted by Gasteiger charge is -2.21. The van der Waals surface area contributed by atoms with E-state index in [9.17, 15) is 4.39 Å². The minimum absolute atomic E-state index is 0.0471. The molecule has 2 fully saturated rings. The van der Waals surface area contributed by atoms with Gasteiger partial charge in [-0.1, -0.05) is 12.0 Å². The molecule has 2 unspecified atom stereocenters. The molecule has 2 aromatic rings. The maximum atomic E-state index is 13.3. The van der Waals surface area contributed by atoms with E-state index in [0.29, 0.717) is 11.7 Å². The van der Waals surface area contributed by atoms with E-state index in [2.05, 4.69) is 26.7 Å². The van der Waals surface area contributed by atoms with E-state index in [-0.39, 0.29) is 11.2 Å². The van der Waals surface area contributed by atoms with Gasteiger partial charge in [-0.2, -0.15) is 0 Å². The first-order valence-electron chi connectivity index (χ1n) is 7.06. The molecule has 0 bridgehead atoms. The highest BCUT2D eigenvalue weighted by atomic mass is 19.1. The standard InChI is InChI=1S/C17H14FN3/c18-14-3-1-4-15(9-14)21-11-13-10-17(13,12-21)6-5-16-19-7-2-8-20-16/h1-4,7-9,13H,10-12H2. The number of piperidine rings is 1. The van der Waals surface area contributed by atoms with E-state index < -0.39 is 0 Å². The normalized spacial score (nSPS) is 26.0. The zero-order valence-corrected chi connectivity index (χ0v) is 11.5. The first-order valence-corrected chi connectivity index (χ1v) is 7.06. The van der Waals surface area contributed by atoms with Crippen molar-refractivity contribution < 1.29 is 4.39 Å². The van der Waals surface area contributed by atoms with Gasteiger partial charge >= 0.3 is 0 Å². The molecular weight excluding hydrogens is 265 g/mol. The van der Waals surface area contributed by atoms with Crippen molar-refractivity contribution in [1.29, 1.82) is 0 Å². The van der Waals surface area contributed by atoms with Gasteiger partial charge in [0.15, 0.2) is 0 Å².